The number of carbonyl (C=O) groups is 1. The van der Waals surface area contributed by atoms with Gasteiger partial charge >= 0.3 is 0 Å². The number of piperidine rings is 1. The molecule has 2 rings (SSSR count). The molecule has 0 spiro atoms. The van der Waals surface area contributed by atoms with E-state index in [0.29, 0.717) is 19.3 Å². The first-order valence-electron chi connectivity index (χ1n) is 7.05. The van der Waals surface area contributed by atoms with E-state index in [-0.39, 0.29) is 11.9 Å². The fraction of sp³-hybridized carbons (Fsp3) is 0.353. The second-order valence-corrected chi connectivity index (χ2v) is 5.04. The summed E-state index contributed by atoms with van der Waals surface area (Å²) in [7, 11) is 0. The van der Waals surface area contributed by atoms with Crippen molar-refractivity contribution in [3.8, 4) is 0 Å². The van der Waals surface area contributed by atoms with Crippen molar-refractivity contribution in [2.75, 3.05) is 0 Å². The zero-order valence-electron chi connectivity index (χ0n) is 11.6. The first-order chi connectivity index (χ1) is 9.72. The van der Waals surface area contributed by atoms with Crippen LogP contribution < -0.4 is 0 Å². The van der Waals surface area contributed by atoms with E-state index in [2.05, 4.69) is 6.58 Å². The largest absolute Gasteiger partial charge is 0.374 e. The molecule has 3 nitrogen and oxygen atoms in total. The molecule has 1 amide bonds. The fourth-order valence-corrected chi connectivity index (χ4v) is 2.52. The van der Waals surface area contributed by atoms with Gasteiger partial charge in [0.2, 0.25) is 5.91 Å². The number of aliphatic hydroxyl groups is 1. The molecule has 3 heteroatoms. The van der Waals surface area contributed by atoms with Gasteiger partial charge in [-0.1, -0.05) is 48.6 Å². The van der Waals surface area contributed by atoms with Crippen molar-refractivity contribution in [1.29, 1.82) is 0 Å². The number of nitrogens with zero attached hydrogens (tertiary/aromatic N) is 1. The number of carbonyl (C=O) groups excluding carboxylic acids is 1. The Labute approximate surface area is 120 Å². The highest BCUT2D eigenvalue weighted by atomic mass is 16.3. The summed E-state index contributed by atoms with van der Waals surface area (Å²) in [5.74, 6) is 0.0216. The van der Waals surface area contributed by atoms with Gasteiger partial charge in [-0.05, 0) is 24.8 Å². The number of likely N-dealkylation sites (tertiary alicyclic amines) is 1. The molecule has 1 aromatic carbocycles. The fourth-order valence-electron chi connectivity index (χ4n) is 2.52. The van der Waals surface area contributed by atoms with Gasteiger partial charge in [0.05, 0.1) is 6.04 Å². The van der Waals surface area contributed by atoms with E-state index >= 15 is 0 Å². The van der Waals surface area contributed by atoms with Gasteiger partial charge in [0.25, 0.3) is 0 Å². The van der Waals surface area contributed by atoms with Crippen LogP contribution in [0.4, 0.5) is 0 Å². The summed E-state index contributed by atoms with van der Waals surface area (Å²) >= 11 is 0. The topological polar surface area (TPSA) is 40.5 Å². The average Bonchev–Trinajstić information content (AvgIpc) is 2.45. The molecule has 2 unspecified atom stereocenters. The zero-order valence-corrected chi connectivity index (χ0v) is 11.6. The predicted molar refractivity (Wildman–Crippen MR) is 80.8 cm³/mol. The summed E-state index contributed by atoms with van der Waals surface area (Å²) in [6, 6.07) is 9.81. The van der Waals surface area contributed by atoms with Crippen molar-refractivity contribution in [1.82, 2.24) is 4.90 Å². The van der Waals surface area contributed by atoms with Crippen molar-refractivity contribution in [3.05, 3.63) is 54.6 Å². The Kier molecular flexibility index (Phi) is 5.13. The Morgan fingerprint density at radius 2 is 2.15 bits per heavy atom. The molecule has 0 bridgehead atoms. The molecule has 0 saturated carbocycles. The Balaban J connectivity index is 2.15. The smallest absolute Gasteiger partial charge is 0.225 e. The van der Waals surface area contributed by atoms with Crippen molar-refractivity contribution in [2.24, 2.45) is 0 Å². The van der Waals surface area contributed by atoms with Gasteiger partial charge in [-0.2, -0.15) is 0 Å². The van der Waals surface area contributed by atoms with Crippen LogP contribution in [0.5, 0.6) is 0 Å². The number of hydrogen-bond acceptors (Lipinski definition) is 2. The van der Waals surface area contributed by atoms with E-state index in [1.54, 1.807) is 11.0 Å². The third kappa shape index (κ3) is 3.58. The molecular formula is C17H21NO2. The highest BCUT2D eigenvalue weighted by Crippen LogP contribution is 2.22. The molecule has 1 N–H and O–H groups in total. The summed E-state index contributed by atoms with van der Waals surface area (Å²) in [6.45, 7) is 3.75. The lowest BCUT2D eigenvalue weighted by atomic mass is 10.0. The summed E-state index contributed by atoms with van der Waals surface area (Å²) in [6.07, 6.45) is 7.65. The summed E-state index contributed by atoms with van der Waals surface area (Å²) in [4.78, 5) is 13.6. The van der Waals surface area contributed by atoms with Crippen LogP contribution in [-0.4, -0.2) is 28.2 Å². The van der Waals surface area contributed by atoms with Gasteiger partial charge in [-0.3, -0.25) is 4.79 Å². The highest BCUT2D eigenvalue weighted by molar-refractivity contribution is 5.78. The number of amides is 1. The number of hydrogen-bond donors (Lipinski definition) is 1. The monoisotopic (exact) mass is 271 g/mol. The molecule has 1 aliphatic heterocycles. The second-order valence-electron chi connectivity index (χ2n) is 5.04. The van der Waals surface area contributed by atoms with Crippen LogP contribution >= 0.6 is 0 Å². The minimum atomic E-state index is -0.679. The van der Waals surface area contributed by atoms with E-state index in [4.69, 9.17) is 0 Å². The molecule has 1 heterocycles. The van der Waals surface area contributed by atoms with Crippen LogP contribution in [0.15, 0.2) is 49.1 Å². The van der Waals surface area contributed by atoms with Crippen LogP contribution in [0, 0.1) is 0 Å². The summed E-state index contributed by atoms with van der Waals surface area (Å²) in [5, 5.41) is 10.1. The molecule has 1 fully saturated rings. The molecule has 20 heavy (non-hydrogen) atoms. The number of rotatable bonds is 5. The Morgan fingerprint density at radius 1 is 1.40 bits per heavy atom. The summed E-state index contributed by atoms with van der Waals surface area (Å²) in [5.41, 5.74) is 1.08. The molecule has 0 aliphatic carbocycles. The minimum absolute atomic E-state index is 0.0216. The van der Waals surface area contributed by atoms with Crippen molar-refractivity contribution in [3.63, 3.8) is 0 Å². The van der Waals surface area contributed by atoms with E-state index in [9.17, 15) is 9.90 Å². The molecule has 1 aliphatic rings. The SMILES string of the molecule is C=CCC(/C=C/c1ccccc1)N1C(=O)CCCC1O. The molecule has 2 atom stereocenters. The third-order valence-electron chi connectivity index (χ3n) is 3.54. The van der Waals surface area contributed by atoms with E-state index < -0.39 is 6.23 Å². The van der Waals surface area contributed by atoms with Gasteiger partial charge < -0.3 is 10.0 Å². The summed E-state index contributed by atoms with van der Waals surface area (Å²) < 4.78 is 0. The molecule has 0 aromatic heterocycles. The van der Waals surface area contributed by atoms with E-state index in [1.807, 2.05) is 42.5 Å². The first-order valence-corrected chi connectivity index (χ1v) is 7.05. The van der Waals surface area contributed by atoms with Crippen molar-refractivity contribution in [2.45, 2.75) is 38.0 Å². The van der Waals surface area contributed by atoms with Gasteiger partial charge in [0.15, 0.2) is 0 Å². The quantitative estimate of drug-likeness (QED) is 0.836. The van der Waals surface area contributed by atoms with Crippen LogP contribution in [0.25, 0.3) is 6.08 Å². The predicted octanol–water partition coefficient (Wildman–Crippen LogP) is 2.98. The Morgan fingerprint density at radius 3 is 2.80 bits per heavy atom. The lowest BCUT2D eigenvalue weighted by Gasteiger charge is -2.37. The van der Waals surface area contributed by atoms with E-state index in [1.165, 1.54) is 0 Å². The van der Waals surface area contributed by atoms with Gasteiger partial charge in [0, 0.05) is 6.42 Å². The molecule has 1 aromatic rings. The zero-order chi connectivity index (χ0) is 14.4. The highest BCUT2D eigenvalue weighted by Gasteiger charge is 2.30. The van der Waals surface area contributed by atoms with Gasteiger partial charge in [-0.25, -0.2) is 0 Å². The van der Waals surface area contributed by atoms with Crippen LogP contribution in [0.1, 0.15) is 31.2 Å². The molecule has 106 valence electrons. The third-order valence-corrected chi connectivity index (χ3v) is 3.54. The maximum atomic E-state index is 12.0. The first kappa shape index (κ1) is 14.5. The van der Waals surface area contributed by atoms with Crippen molar-refractivity contribution < 1.29 is 9.90 Å². The van der Waals surface area contributed by atoms with E-state index in [0.717, 1.165) is 12.0 Å². The standard InChI is InChI=1S/C17H21NO2/c1-2-7-15(13-12-14-8-4-3-5-9-14)18-16(19)10-6-11-17(18)20/h2-5,8-9,12-13,15-16,19H,1,6-7,10-11H2/b13-12+. The van der Waals surface area contributed by atoms with Gasteiger partial charge in [0.1, 0.15) is 6.23 Å². The number of benzene rings is 1. The number of aliphatic hydroxyl groups excluding tert-OH is 1. The van der Waals surface area contributed by atoms with Gasteiger partial charge in [-0.15, -0.1) is 6.58 Å². The normalized spacial score (nSPS) is 21.1. The Bertz CT molecular complexity index is 481. The lowest BCUT2D eigenvalue weighted by Crippen LogP contribution is -2.48. The van der Waals surface area contributed by atoms with Crippen molar-refractivity contribution >= 4 is 12.0 Å². The lowest BCUT2D eigenvalue weighted by molar-refractivity contribution is -0.149. The molecular weight excluding hydrogens is 250 g/mol. The van der Waals surface area contributed by atoms with Crippen LogP contribution in [0.2, 0.25) is 0 Å². The second kappa shape index (κ2) is 7.06. The molecule has 0 radical (unpaired) electrons. The average molecular weight is 271 g/mol. The minimum Gasteiger partial charge on any atom is -0.374 e. The van der Waals surface area contributed by atoms with Crippen LogP contribution in [-0.2, 0) is 4.79 Å². The maximum Gasteiger partial charge on any atom is 0.225 e. The Hall–Kier alpha value is -1.87. The molecule has 1 saturated heterocycles. The maximum absolute atomic E-state index is 12.0. The van der Waals surface area contributed by atoms with Crippen LogP contribution in [0.3, 0.4) is 0 Å².